The molecule has 5 nitrogen and oxygen atoms in total. The van der Waals surface area contributed by atoms with Crippen molar-refractivity contribution in [2.24, 2.45) is 0 Å². The van der Waals surface area contributed by atoms with E-state index in [4.69, 9.17) is 0 Å². The van der Waals surface area contributed by atoms with Crippen molar-refractivity contribution < 1.29 is 4.79 Å². The zero-order valence-electron chi connectivity index (χ0n) is 17.8. The summed E-state index contributed by atoms with van der Waals surface area (Å²) in [5.41, 5.74) is 6.13. The summed E-state index contributed by atoms with van der Waals surface area (Å²) in [7, 11) is 0. The van der Waals surface area contributed by atoms with Crippen molar-refractivity contribution in [1.82, 2.24) is 10.2 Å². The minimum atomic E-state index is -0.136. The first-order valence-electron chi connectivity index (χ1n) is 10.7. The van der Waals surface area contributed by atoms with Gasteiger partial charge in [0.2, 0.25) is 0 Å². The fourth-order valence-electron chi connectivity index (χ4n) is 3.62. The third-order valence-corrected chi connectivity index (χ3v) is 5.27. The Hall–Kier alpha value is -4.64. The van der Waals surface area contributed by atoms with Crippen LogP contribution in [0.4, 0.5) is 17.1 Å². The van der Waals surface area contributed by atoms with Crippen molar-refractivity contribution in [1.29, 1.82) is 0 Å². The summed E-state index contributed by atoms with van der Waals surface area (Å²) in [6.07, 6.45) is 4.07. The van der Waals surface area contributed by atoms with Gasteiger partial charge in [0.25, 0.3) is 5.91 Å². The first kappa shape index (κ1) is 20.3. The Labute approximate surface area is 191 Å². The quantitative estimate of drug-likeness (QED) is 0.280. The van der Waals surface area contributed by atoms with E-state index in [1.165, 1.54) is 0 Å². The van der Waals surface area contributed by atoms with Gasteiger partial charge in [0, 0.05) is 28.0 Å². The van der Waals surface area contributed by atoms with Gasteiger partial charge in [0.15, 0.2) is 0 Å². The van der Waals surface area contributed by atoms with E-state index in [-0.39, 0.29) is 5.91 Å². The highest BCUT2D eigenvalue weighted by Crippen LogP contribution is 2.25. The standard InChI is InChI=1S/C28H22N4O/c33-28(21-10-5-2-6-11-21)30-23-13-7-12-22(18-23)29-24-15-16-25-26(31-32-27(25)19-24)17-14-20-8-3-1-4-9-20/h1-19,29H,(H,30,33)(H,31,32). The molecule has 4 aromatic carbocycles. The molecule has 0 aliphatic carbocycles. The van der Waals surface area contributed by atoms with E-state index in [0.717, 1.165) is 39.2 Å². The Morgan fingerprint density at radius 3 is 2.27 bits per heavy atom. The van der Waals surface area contributed by atoms with Gasteiger partial charge in [-0.3, -0.25) is 9.89 Å². The fourth-order valence-corrected chi connectivity index (χ4v) is 3.62. The molecule has 0 saturated heterocycles. The Morgan fingerprint density at radius 1 is 0.727 bits per heavy atom. The van der Waals surface area contributed by atoms with E-state index < -0.39 is 0 Å². The maximum Gasteiger partial charge on any atom is 0.255 e. The highest BCUT2D eigenvalue weighted by Gasteiger charge is 2.07. The van der Waals surface area contributed by atoms with Crippen LogP contribution in [0.3, 0.4) is 0 Å². The van der Waals surface area contributed by atoms with Crippen molar-refractivity contribution in [3.05, 3.63) is 120 Å². The molecular formula is C28H22N4O. The lowest BCUT2D eigenvalue weighted by Crippen LogP contribution is -2.11. The number of nitrogens with zero attached hydrogens (tertiary/aromatic N) is 1. The maximum absolute atomic E-state index is 12.4. The molecule has 5 heteroatoms. The van der Waals surface area contributed by atoms with E-state index in [0.29, 0.717) is 5.56 Å². The predicted molar refractivity (Wildman–Crippen MR) is 136 cm³/mol. The second kappa shape index (κ2) is 9.24. The lowest BCUT2D eigenvalue weighted by atomic mass is 10.1. The number of rotatable bonds is 6. The average molecular weight is 431 g/mol. The van der Waals surface area contributed by atoms with Crippen molar-refractivity contribution in [2.75, 3.05) is 10.6 Å². The monoisotopic (exact) mass is 430 g/mol. The summed E-state index contributed by atoms with van der Waals surface area (Å²) in [6, 6.07) is 33.1. The number of anilines is 3. The predicted octanol–water partition coefficient (Wildman–Crippen LogP) is 6.73. The van der Waals surface area contributed by atoms with Gasteiger partial charge in [0.05, 0.1) is 11.2 Å². The Balaban J connectivity index is 1.31. The molecule has 0 fully saturated rings. The van der Waals surface area contributed by atoms with Gasteiger partial charge in [-0.25, -0.2) is 0 Å². The molecule has 1 amide bonds. The molecule has 160 valence electrons. The molecule has 1 heterocycles. The highest BCUT2D eigenvalue weighted by atomic mass is 16.1. The van der Waals surface area contributed by atoms with Crippen molar-refractivity contribution in [3.8, 4) is 0 Å². The molecule has 0 bridgehead atoms. The summed E-state index contributed by atoms with van der Waals surface area (Å²) < 4.78 is 0. The summed E-state index contributed by atoms with van der Waals surface area (Å²) in [4.78, 5) is 12.4. The number of H-pyrrole nitrogens is 1. The van der Waals surface area contributed by atoms with Crippen LogP contribution in [-0.2, 0) is 0 Å². The molecule has 3 N–H and O–H groups in total. The topological polar surface area (TPSA) is 69.8 Å². The lowest BCUT2D eigenvalue weighted by Gasteiger charge is -2.10. The minimum absolute atomic E-state index is 0.136. The van der Waals surface area contributed by atoms with Crippen LogP contribution < -0.4 is 10.6 Å². The molecule has 33 heavy (non-hydrogen) atoms. The van der Waals surface area contributed by atoms with E-state index in [1.54, 1.807) is 12.1 Å². The number of amides is 1. The highest BCUT2D eigenvalue weighted by molar-refractivity contribution is 6.04. The minimum Gasteiger partial charge on any atom is -0.355 e. The molecule has 1 aromatic heterocycles. The van der Waals surface area contributed by atoms with E-state index in [9.17, 15) is 4.79 Å². The first-order chi connectivity index (χ1) is 16.2. The number of fused-ring (bicyclic) bond motifs is 1. The number of aromatic amines is 1. The smallest absolute Gasteiger partial charge is 0.255 e. The number of carbonyl (C=O) groups excluding carboxylic acids is 1. The fraction of sp³-hybridized carbons (Fsp3) is 0. The molecule has 0 spiro atoms. The number of nitrogens with one attached hydrogen (secondary N) is 3. The molecule has 0 aliphatic heterocycles. The second-order valence-corrected chi connectivity index (χ2v) is 7.64. The van der Waals surface area contributed by atoms with Gasteiger partial charge in [-0.05, 0) is 60.2 Å². The number of aromatic nitrogens is 2. The van der Waals surface area contributed by atoms with Crippen LogP contribution in [0.2, 0.25) is 0 Å². The van der Waals surface area contributed by atoms with Crippen LogP contribution in [0, 0.1) is 0 Å². The van der Waals surface area contributed by atoms with E-state index in [1.807, 2.05) is 84.9 Å². The van der Waals surface area contributed by atoms with Crippen LogP contribution >= 0.6 is 0 Å². The number of hydrogen-bond donors (Lipinski definition) is 3. The van der Waals surface area contributed by atoms with Gasteiger partial charge >= 0.3 is 0 Å². The molecule has 0 radical (unpaired) electrons. The summed E-state index contributed by atoms with van der Waals surface area (Å²) in [6.45, 7) is 0. The zero-order chi connectivity index (χ0) is 22.5. The van der Waals surface area contributed by atoms with E-state index >= 15 is 0 Å². The van der Waals surface area contributed by atoms with Crippen molar-refractivity contribution in [3.63, 3.8) is 0 Å². The Bertz CT molecular complexity index is 1420. The summed E-state index contributed by atoms with van der Waals surface area (Å²) >= 11 is 0. The molecule has 0 aliphatic rings. The van der Waals surface area contributed by atoms with Gasteiger partial charge in [0.1, 0.15) is 0 Å². The second-order valence-electron chi connectivity index (χ2n) is 7.64. The van der Waals surface area contributed by atoms with Crippen LogP contribution in [0.25, 0.3) is 23.1 Å². The maximum atomic E-state index is 12.4. The van der Waals surface area contributed by atoms with Crippen LogP contribution in [0.15, 0.2) is 103 Å². The van der Waals surface area contributed by atoms with Crippen molar-refractivity contribution in [2.45, 2.75) is 0 Å². The number of carbonyl (C=O) groups is 1. The van der Waals surface area contributed by atoms with Crippen LogP contribution in [0.5, 0.6) is 0 Å². The molecule has 0 saturated carbocycles. The largest absolute Gasteiger partial charge is 0.355 e. The Kier molecular flexibility index (Phi) is 5.68. The zero-order valence-corrected chi connectivity index (χ0v) is 17.8. The third kappa shape index (κ3) is 4.83. The number of hydrogen-bond acceptors (Lipinski definition) is 3. The van der Waals surface area contributed by atoms with Gasteiger partial charge < -0.3 is 10.6 Å². The molecule has 0 atom stereocenters. The molecule has 5 rings (SSSR count). The SMILES string of the molecule is O=C(Nc1cccc(Nc2ccc3c(C=Cc4ccccc4)n[nH]c3c2)c1)c1ccccc1. The number of benzene rings is 4. The third-order valence-electron chi connectivity index (χ3n) is 5.27. The van der Waals surface area contributed by atoms with Gasteiger partial charge in [-0.2, -0.15) is 5.10 Å². The van der Waals surface area contributed by atoms with Crippen LogP contribution in [0.1, 0.15) is 21.6 Å². The first-order valence-corrected chi connectivity index (χ1v) is 10.7. The van der Waals surface area contributed by atoms with Gasteiger partial charge in [-0.15, -0.1) is 0 Å². The Morgan fingerprint density at radius 2 is 1.45 bits per heavy atom. The van der Waals surface area contributed by atoms with Crippen molar-refractivity contribution >= 4 is 46.0 Å². The summed E-state index contributed by atoms with van der Waals surface area (Å²) in [5, 5.41) is 14.9. The molecule has 5 aromatic rings. The normalized spacial score (nSPS) is 11.0. The average Bonchev–Trinajstić information content (AvgIpc) is 3.26. The molecular weight excluding hydrogens is 408 g/mol. The van der Waals surface area contributed by atoms with Crippen LogP contribution in [-0.4, -0.2) is 16.1 Å². The van der Waals surface area contributed by atoms with E-state index in [2.05, 4.69) is 39.0 Å². The van der Waals surface area contributed by atoms with Gasteiger partial charge in [-0.1, -0.05) is 60.7 Å². The summed E-state index contributed by atoms with van der Waals surface area (Å²) in [5.74, 6) is -0.136. The molecule has 0 unspecified atom stereocenters. The lowest BCUT2D eigenvalue weighted by molar-refractivity contribution is 0.102.